The molecule has 0 saturated carbocycles. The van der Waals surface area contributed by atoms with E-state index in [9.17, 15) is 4.79 Å². The van der Waals surface area contributed by atoms with Crippen LogP contribution in [0.25, 0.3) is 5.69 Å². The highest BCUT2D eigenvalue weighted by Crippen LogP contribution is 2.21. The number of amides is 1. The van der Waals surface area contributed by atoms with Crippen molar-refractivity contribution in [3.8, 4) is 11.4 Å². The first-order valence-corrected chi connectivity index (χ1v) is 8.66. The van der Waals surface area contributed by atoms with Crippen LogP contribution in [0.1, 0.15) is 18.5 Å². The molecule has 2 aromatic carbocycles. The molecule has 3 rings (SSSR count). The maximum Gasteiger partial charge on any atom is 0.238 e. The van der Waals surface area contributed by atoms with Gasteiger partial charge in [-0.15, -0.1) is 0 Å². The van der Waals surface area contributed by atoms with Crippen LogP contribution in [0, 0.1) is 0 Å². The zero-order valence-corrected chi connectivity index (χ0v) is 15.7. The minimum atomic E-state index is -0.0724. The molecule has 1 aromatic heterocycles. The Morgan fingerprint density at radius 1 is 1.26 bits per heavy atom. The largest absolute Gasteiger partial charge is 0.497 e. The van der Waals surface area contributed by atoms with Gasteiger partial charge in [0.15, 0.2) is 0 Å². The van der Waals surface area contributed by atoms with Gasteiger partial charge in [-0.25, -0.2) is 9.67 Å². The number of methoxy groups -OCH3 is 1. The van der Waals surface area contributed by atoms with Gasteiger partial charge in [0.25, 0.3) is 0 Å². The summed E-state index contributed by atoms with van der Waals surface area (Å²) in [7, 11) is 3.53. The second-order valence-electron chi connectivity index (χ2n) is 6.30. The Morgan fingerprint density at radius 3 is 2.70 bits per heavy atom. The Bertz CT molecular complexity index is 878. The average Bonchev–Trinajstić information content (AvgIpc) is 3.22. The number of aromatic nitrogens is 3. The lowest BCUT2D eigenvalue weighted by atomic mass is 10.1. The Balaban J connectivity index is 1.59. The number of nitrogens with zero attached hydrogens (tertiary/aromatic N) is 4. The molecule has 1 N–H and O–H groups in total. The third-order valence-corrected chi connectivity index (χ3v) is 4.47. The second-order valence-corrected chi connectivity index (χ2v) is 6.30. The van der Waals surface area contributed by atoms with Crippen LogP contribution >= 0.6 is 0 Å². The van der Waals surface area contributed by atoms with E-state index in [4.69, 9.17) is 4.74 Å². The Morgan fingerprint density at radius 2 is 2.04 bits per heavy atom. The number of anilines is 1. The first-order chi connectivity index (χ1) is 13.1. The highest BCUT2D eigenvalue weighted by molar-refractivity contribution is 5.92. The predicted molar refractivity (Wildman–Crippen MR) is 104 cm³/mol. The first-order valence-electron chi connectivity index (χ1n) is 8.66. The van der Waals surface area contributed by atoms with Crippen LogP contribution in [0.5, 0.6) is 5.75 Å². The van der Waals surface area contributed by atoms with Crippen molar-refractivity contribution in [2.75, 3.05) is 26.0 Å². The third-order valence-electron chi connectivity index (χ3n) is 4.47. The summed E-state index contributed by atoms with van der Waals surface area (Å²) >= 11 is 0. The highest BCUT2D eigenvalue weighted by Gasteiger charge is 2.15. The fourth-order valence-corrected chi connectivity index (χ4v) is 2.77. The van der Waals surface area contributed by atoms with Crippen molar-refractivity contribution in [1.29, 1.82) is 0 Å². The van der Waals surface area contributed by atoms with E-state index in [1.165, 1.54) is 6.33 Å². The molecule has 0 radical (unpaired) electrons. The summed E-state index contributed by atoms with van der Waals surface area (Å²) in [5.74, 6) is 0.638. The molecule has 0 fully saturated rings. The van der Waals surface area contributed by atoms with Crippen LogP contribution < -0.4 is 10.1 Å². The Labute approximate surface area is 158 Å². The molecule has 1 atom stereocenters. The summed E-state index contributed by atoms with van der Waals surface area (Å²) in [6, 6.07) is 15.5. The molecule has 27 heavy (non-hydrogen) atoms. The van der Waals surface area contributed by atoms with Gasteiger partial charge in [0.1, 0.15) is 18.4 Å². The topological polar surface area (TPSA) is 72.3 Å². The van der Waals surface area contributed by atoms with Gasteiger partial charge in [-0.2, -0.15) is 5.10 Å². The number of benzene rings is 2. The molecule has 0 bridgehead atoms. The minimum absolute atomic E-state index is 0.0724. The van der Waals surface area contributed by atoms with Crippen molar-refractivity contribution in [1.82, 2.24) is 19.7 Å². The predicted octanol–water partition coefficient (Wildman–Crippen LogP) is 2.91. The van der Waals surface area contributed by atoms with Gasteiger partial charge in [0, 0.05) is 17.8 Å². The fraction of sp³-hybridized carbons (Fsp3) is 0.250. The van der Waals surface area contributed by atoms with Gasteiger partial charge < -0.3 is 10.1 Å². The molecule has 1 amide bonds. The number of ether oxygens (including phenoxy) is 1. The lowest BCUT2D eigenvalue weighted by molar-refractivity contribution is -0.117. The number of rotatable bonds is 7. The molecule has 0 unspecified atom stereocenters. The van der Waals surface area contributed by atoms with E-state index in [-0.39, 0.29) is 18.5 Å². The van der Waals surface area contributed by atoms with E-state index in [2.05, 4.69) is 22.3 Å². The average molecular weight is 365 g/mol. The number of nitrogens with one attached hydrogen (secondary N) is 1. The summed E-state index contributed by atoms with van der Waals surface area (Å²) in [6.07, 6.45) is 3.17. The van der Waals surface area contributed by atoms with Crippen molar-refractivity contribution in [2.45, 2.75) is 13.0 Å². The molecule has 0 aliphatic rings. The Hall–Kier alpha value is -3.19. The van der Waals surface area contributed by atoms with Crippen LogP contribution in [0.4, 0.5) is 5.69 Å². The molecular formula is C20H23N5O2. The number of hydrogen-bond acceptors (Lipinski definition) is 5. The van der Waals surface area contributed by atoms with Crippen LogP contribution in [-0.4, -0.2) is 46.3 Å². The van der Waals surface area contributed by atoms with E-state index in [0.29, 0.717) is 5.75 Å². The third kappa shape index (κ3) is 4.71. The van der Waals surface area contributed by atoms with Crippen LogP contribution in [-0.2, 0) is 4.79 Å². The van der Waals surface area contributed by atoms with E-state index in [1.54, 1.807) is 24.2 Å². The summed E-state index contributed by atoms with van der Waals surface area (Å²) in [5, 5.41) is 7.02. The summed E-state index contributed by atoms with van der Waals surface area (Å²) in [5.41, 5.74) is 2.79. The van der Waals surface area contributed by atoms with Crippen LogP contribution in [0.15, 0.2) is 61.2 Å². The minimum Gasteiger partial charge on any atom is -0.497 e. The number of carbonyl (C=O) groups is 1. The molecule has 140 valence electrons. The lowest BCUT2D eigenvalue weighted by Crippen LogP contribution is -2.32. The molecule has 0 spiro atoms. The van der Waals surface area contributed by atoms with Crippen molar-refractivity contribution >= 4 is 11.6 Å². The number of likely N-dealkylation sites (N-methyl/N-ethyl adjacent to an activating group) is 1. The molecule has 0 saturated heterocycles. The van der Waals surface area contributed by atoms with Gasteiger partial charge in [0.05, 0.1) is 19.3 Å². The molecular weight excluding hydrogens is 342 g/mol. The van der Waals surface area contributed by atoms with Crippen molar-refractivity contribution < 1.29 is 9.53 Å². The second kappa shape index (κ2) is 8.46. The molecule has 3 aromatic rings. The van der Waals surface area contributed by atoms with E-state index in [0.717, 1.165) is 16.9 Å². The molecule has 1 heterocycles. The van der Waals surface area contributed by atoms with Gasteiger partial charge in [-0.1, -0.05) is 18.2 Å². The van der Waals surface area contributed by atoms with Crippen LogP contribution in [0.3, 0.4) is 0 Å². The molecule has 0 aliphatic heterocycles. The fourth-order valence-electron chi connectivity index (χ4n) is 2.77. The molecule has 0 aliphatic carbocycles. The molecule has 7 nitrogen and oxygen atoms in total. The van der Waals surface area contributed by atoms with Crippen molar-refractivity contribution in [3.05, 3.63) is 66.7 Å². The first kappa shape index (κ1) is 18.6. The number of hydrogen-bond donors (Lipinski definition) is 1. The monoisotopic (exact) mass is 365 g/mol. The summed E-state index contributed by atoms with van der Waals surface area (Å²) in [4.78, 5) is 18.3. The quantitative estimate of drug-likeness (QED) is 0.697. The maximum atomic E-state index is 12.4. The van der Waals surface area contributed by atoms with Crippen molar-refractivity contribution in [2.24, 2.45) is 0 Å². The van der Waals surface area contributed by atoms with Gasteiger partial charge in [-0.05, 0) is 43.8 Å². The van der Waals surface area contributed by atoms with Crippen LogP contribution in [0.2, 0.25) is 0 Å². The van der Waals surface area contributed by atoms with Gasteiger partial charge >= 0.3 is 0 Å². The van der Waals surface area contributed by atoms with E-state index < -0.39 is 0 Å². The zero-order valence-electron chi connectivity index (χ0n) is 15.7. The van der Waals surface area contributed by atoms with Gasteiger partial charge in [-0.3, -0.25) is 9.69 Å². The van der Waals surface area contributed by atoms with E-state index >= 15 is 0 Å². The number of carbonyl (C=O) groups excluding carboxylic acids is 1. The lowest BCUT2D eigenvalue weighted by Gasteiger charge is -2.24. The Kier molecular flexibility index (Phi) is 5.83. The standard InChI is InChI=1S/C20H23N5O2/c1-15(16-7-9-18(10-8-16)25-14-21-13-22-25)24(2)12-20(26)23-17-5-4-6-19(11-17)27-3/h4-11,13-15H,12H2,1-3H3,(H,23,26)/t15-/m1/s1. The summed E-state index contributed by atoms with van der Waals surface area (Å²) in [6.45, 7) is 2.35. The van der Waals surface area contributed by atoms with Gasteiger partial charge in [0.2, 0.25) is 5.91 Å². The smallest absolute Gasteiger partial charge is 0.238 e. The molecule has 7 heteroatoms. The maximum absolute atomic E-state index is 12.4. The summed E-state index contributed by atoms with van der Waals surface area (Å²) < 4.78 is 6.89. The normalized spacial score (nSPS) is 12.0. The highest BCUT2D eigenvalue weighted by atomic mass is 16.5. The van der Waals surface area contributed by atoms with E-state index in [1.807, 2.05) is 54.4 Å². The SMILES string of the molecule is COc1cccc(NC(=O)CN(C)[C@H](C)c2ccc(-n3cncn3)cc2)c1. The zero-order chi connectivity index (χ0) is 19.2. The van der Waals surface area contributed by atoms with Crippen molar-refractivity contribution in [3.63, 3.8) is 0 Å².